The average Bonchev–Trinajstić information content (AvgIpc) is 2.73. The minimum atomic E-state index is 1.08. The van der Waals surface area contributed by atoms with Crippen LogP contribution in [-0.2, 0) is 7.05 Å². The second-order valence-electron chi connectivity index (χ2n) is 4.28. The molecular formula is C15H11Br2N. The third-order valence-electron chi connectivity index (χ3n) is 3.13. The fourth-order valence-electron chi connectivity index (χ4n) is 2.25. The average molecular weight is 365 g/mol. The molecule has 3 aromatic rings. The molecule has 0 atom stereocenters. The van der Waals surface area contributed by atoms with Crippen LogP contribution in [0.25, 0.3) is 22.0 Å². The molecule has 3 heteroatoms. The van der Waals surface area contributed by atoms with Crippen LogP contribution < -0.4 is 0 Å². The van der Waals surface area contributed by atoms with E-state index in [4.69, 9.17) is 0 Å². The Hall–Kier alpha value is -1.06. The van der Waals surface area contributed by atoms with Gasteiger partial charge in [0.1, 0.15) is 0 Å². The highest BCUT2D eigenvalue weighted by atomic mass is 79.9. The smallest absolute Gasteiger partial charge is 0.0496 e. The maximum absolute atomic E-state index is 3.68. The van der Waals surface area contributed by atoms with Crippen molar-refractivity contribution in [3.05, 3.63) is 57.6 Å². The first-order valence-corrected chi connectivity index (χ1v) is 7.25. The van der Waals surface area contributed by atoms with E-state index in [1.807, 2.05) is 6.07 Å². The molecule has 2 aromatic carbocycles. The number of rotatable bonds is 1. The number of fused-ring (bicyclic) bond motifs is 1. The number of aryl methyl sites for hydroxylation is 1. The molecule has 1 heterocycles. The lowest BCUT2D eigenvalue weighted by molar-refractivity contribution is 0.970. The van der Waals surface area contributed by atoms with E-state index in [1.165, 1.54) is 22.0 Å². The van der Waals surface area contributed by atoms with Crippen LogP contribution in [0.4, 0.5) is 0 Å². The highest BCUT2D eigenvalue weighted by Crippen LogP contribution is 2.38. The Morgan fingerprint density at radius 3 is 2.39 bits per heavy atom. The first-order valence-electron chi connectivity index (χ1n) is 5.67. The molecule has 0 aliphatic carbocycles. The summed E-state index contributed by atoms with van der Waals surface area (Å²) in [5, 5.41) is 1.25. The van der Waals surface area contributed by atoms with Gasteiger partial charge in [-0.3, -0.25) is 0 Å². The fraction of sp³-hybridized carbons (Fsp3) is 0.0667. The van der Waals surface area contributed by atoms with Crippen molar-refractivity contribution in [1.29, 1.82) is 0 Å². The summed E-state index contributed by atoms with van der Waals surface area (Å²) in [6.45, 7) is 0. The van der Waals surface area contributed by atoms with Crippen LogP contribution in [0.15, 0.2) is 57.6 Å². The van der Waals surface area contributed by atoms with Crippen LogP contribution in [0.2, 0.25) is 0 Å². The molecule has 1 nitrogen and oxygen atoms in total. The molecule has 18 heavy (non-hydrogen) atoms. The summed E-state index contributed by atoms with van der Waals surface area (Å²) in [6.07, 6.45) is 2.18. The number of aromatic nitrogens is 1. The Bertz CT molecular complexity index is 714. The van der Waals surface area contributed by atoms with E-state index >= 15 is 0 Å². The van der Waals surface area contributed by atoms with Crippen molar-refractivity contribution in [2.24, 2.45) is 7.05 Å². The van der Waals surface area contributed by atoms with E-state index in [9.17, 15) is 0 Å². The second kappa shape index (κ2) is 4.56. The predicted octanol–water partition coefficient (Wildman–Crippen LogP) is 5.37. The fourth-order valence-corrected chi connectivity index (χ4v) is 3.13. The third kappa shape index (κ3) is 1.82. The second-order valence-corrected chi connectivity index (χ2v) is 5.92. The van der Waals surface area contributed by atoms with Gasteiger partial charge in [0.25, 0.3) is 0 Å². The summed E-state index contributed by atoms with van der Waals surface area (Å²) < 4.78 is 4.35. The van der Waals surface area contributed by atoms with Crippen LogP contribution in [0, 0.1) is 0 Å². The number of halogens is 2. The molecule has 0 amide bonds. The van der Waals surface area contributed by atoms with Gasteiger partial charge in [0.15, 0.2) is 0 Å². The first-order chi connectivity index (χ1) is 8.68. The SMILES string of the molecule is Cn1cc(-c2ccccc2)c2c(Br)c(Br)ccc21. The summed E-state index contributed by atoms with van der Waals surface area (Å²) in [5.41, 5.74) is 3.71. The molecule has 0 spiro atoms. The molecule has 90 valence electrons. The lowest BCUT2D eigenvalue weighted by Gasteiger charge is -2.03. The molecule has 0 fully saturated rings. The monoisotopic (exact) mass is 363 g/mol. The zero-order valence-electron chi connectivity index (χ0n) is 9.82. The Morgan fingerprint density at radius 2 is 1.67 bits per heavy atom. The Morgan fingerprint density at radius 1 is 0.944 bits per heavy atom. The molecule has 0 radical (unpaired) electrons. The van der Waals surface area contributed by atoms with Crippen molar-refractivity contribution in [2.75, 3.05) is 0 Å². The topological polar surface area (TPSA) is 4.93 Å². The highest BCUT2D eigenvalue weighted by Gasteiger charge is 2.13. The number of hydrogen-bond donors (Lipinski definition) is 0. The number of nitrogens with zero attached hydrogens (tertiary/aromatic N) is 1. The van der Waals surface area contributed by atoms with E-state index in [0.29, 0.717) is 0 Å². The molecule has 0 bridgehead atoms. The van der Waals surface area contributed by atoms with Crippen LogP contribution >= 0.6 is 31.9 Å². The molecule has 0 aliphatic heterocycles. The van der Waals surface area contributed by atoms with Crippen LogP contribution in [0.5, 0.6) is 0 Å². The van der Waals surface area contributed by atoms with E-state index in [-0.39, 0.29) is 0 Å². The molecule has 3 rings (SSSR count). The van der Waals surface area contributed by atoms with Crippen molar-refractivity contribution in [2.45, 2.75) is 0 Å². The van der Waals surface area contributed by atoms with Crippen LogP contribution in [0.3, 0.4) is 0 Å². The standard InChI is InChI=1S/C15H11Br2N/c1-18-9-11(10-5-3-2-4-6-10)14-13(18)8-7-12(16)15(14)17/h2-9H,1H3. The summed E-state index contributed by atoms with van der Waals surface area (Å²) in [6, 6.07) is 14.7. The van der Waals surface area contributed by atoms with Crippen molar-refractivity contribution in [1.82, 2.24) is 4.57 Å². The van der Waals surface area contributed by atoms with Gasteiger partial charge in [-0.15, -0.1) is 0 Å². The lowest BCUT2D eigenvalue weighted by Crippen LogP contribution is -1.83. The van der Waals surface area contributed by atoms with Crippen LogP contribution in [0.1, 0.15) is 0 Å². The number of benzene rings is 2. The molecule has 0 saturated heterocycles. The van der Waals surface area contributed by atoms with Gasteiger partial charge >= 0.3 is 0 Å². The maximum Gasteiger partial charge on any atom is 0.0496 e. The highest BCUT2D eigenvalue weighted by molar-refractivity contribution is 9.13. The van der Waals surface area contributed by atoms with Gasteiger partial charge in [0.2, 0.25) is 0 Å². The van der Waals surface area contributed by atoms with E-state index in [2.05, 4.69) is 86.1 Å². The van der Waals surface area contributed by atoms with Gasteiger partial charge in [-0.05, 0) is 49.6 Å². The van der Waals surface area contributed by atoms with Gasteiger partial charge in [0, 0.05) is 38.7 Å². The van der Waals surface area contributed by atoms with E-state index in [1.54, 1.807) is 0 Å². The molecule has 0 unspecified atom stereocenters. The first kappa shape index (κ1) is 12.0. The van der Waals surface area contributed by atoms with Gasteiger partial charge < -0.3 is 4.57 Å². The largest absolute Gasteiger partial charge is 0.350 e. The maximum atomic E-state index is 3.68. The van der Waals surface area contributed by atoms with Crippen LogP contribution in [-0.4, -0.2) is 4.57 Å². The van der Waals surface area contributed by atoms with Crippen molar-refractivity contribution < 1.29 is 0 Å². The van der Waals surface area contributed by atoms with Crippen molar-refractivity contribution in [3.63, 3.8) is 0 Å². The zero-order valence-corrected chi connectivity index (χ0v) is 13.0. The van der Waals surface area contributed by atoms with Crippen molar-refractivity contribution in [3.8, 4) is 11.1 Å². The Labute approximate surface area is 123 Å². The quantitative estimate of drug-likeness (QED) is 0.547. The molecule has 0 N–H and O–H groups in total. The van der Waals surface area contributed by atoms with Crippen molar-refractivity contribution >= 4 is 42.8 Å². The predicted molar refractivity (Wildman–Crippen MR) is 83.8 cm³/mol. The van der Waals surface area contributed by atoms with E-state index < -0.39 is 0 Å². The molecule has 0 aliphatic rings. The van der Waals surface area contributed by atoms with E-state index in [0.717, 1.165) is 8.95 Å². The third-order valence-corrected chi connectivity index (χ3v) is 5.15. The molecule has 1 aromatic heterocycles. The molecular weight excluding hydrogens is 354 g/mol. The number of hydrogen-bond acceptors (Lipinski definition) is 0. The Kier molecular flexibility index (Phi) is 3.04. The summed E-state index contributed by atoms with van der Waals surface area (Å²) in [5.74, 6) is 0. The van der Waals surface area contributed by atoms with Gasteiger partial charge in [0.05, 0.1) is 0 Å². The Balaban J connectivity index is 2.41. The van der Waals surface area contributed by atoms with Gasteiger partial charge in [-0.25, -0.2) is 0 Å². The minimum Gasteiger partial charge on any atom is -0.350 e. The van der Waals surface area contributed by atoms with Gasteiger partial charge in [-0.1, -0.05) is 30.3 Å². The summed E-state index contributed by atoms with van der Waals surface area (Å²) in [7, 11) is 2.08. The molecule has 0 saturated carbocycles. The minimum absolute atomic E-state index is 1.08. The normalized spacial score (nSPS) is 11.1. The van der Waals surface area contributed by atoms with Gasteiger partial charge in [-0.2, -0.15) is 0 Å². The summed E-state index contributed by atoms with van der Waals surface area (Å²) in [4.78, 5) is 0. The lowest BCUT2D eigenvalue weighted by atomic mass is 10.1. The summed E-state index contributed by atoms with van der Waals surface area (Å²) >= 11 is 7.26. The zero-order chi connectivity index (χ0) is 12.7.